The van der Waals surface area contributed by atoms with Gasteiger partial charge in [0.25, 0.3) is 5.79 Å². The van der Waals surface area contributed by atoms with E-state index in [-0.39, 0.29) is 0 Å². The van der Waals surface area contributed by atoms with Gasteiger partial charge in [-0.3, -0.25) is 9.98 Å². The summed E-state index contributed by atoms with van der Waals surface area (Å²) in [5, 5.41) is 0. The van der Waals surface area contributed by atoms with E-state index in [4.69, 9.17) is 9.47 Å². The Morgan fingerprint density at radius 1 is 0.933 bits per heavy atom. The predicted octanol–water partition coefficient (Wildman–Crippen LogP) is 1.20. The lowest BCUT2D eigenvalue weighted by Crippen LogP contribution is -2.31. The molecule has 4 rings (SSSR count). The van der Waals surface area contributed by atoms with E-state index >= 15 is 0 Å². The van der Waals surface area contributed by atoms with E-state index in [0.717, 1.165) is 24.2 Å². The van der Waals surface area contributed by atoms with Crippen LogP contribution in [0.1, 0.15) is 12.8 Å². The Kier molecular flexibility index (Phi) is 1.30. The van der Waals surface area contributed by atoms with Crippen molar-refractivity contribution in [2.24, 2.45) is 9.98 Å². The molecule has 0 radical (unpaired) electrons. The summed E-state index contributed by atoms with van der Waals surface area (Å²) in [4.78, 5) is 8.81. The van der Waals surface area contributed by atoms with Crippen LogP contribution >= 0.6 is 0 Å². The monoisotopic (exact) mass is 202 g/mol. The molecule has 0 bridgehead atoms. The van der Waals surface area contributed by atoms with E-state index in [1.54, 1.807) is 0 Å². The zero-order valence-electron chi connectivity index (χ0n) is 8.19. The smallest absolute Gasteiger partial charge is 0.258 e. The Bertz CT molecular complexity index is 427. The summed E-state index contributed by atoms with van der Waals surface area (Å²) in [7, 11) is 0. The van der Waals surface area contributed by atoms with Crippen LogP contribution in [0.25, 0.3) is 0 Å². The number of nitrogens with zero attached hydrogens (tertiary/aromatic N) is 2. The minimum Gasteiger partial charge on any atom is -0.337 e. The van der Waals surface area contributed by atoms with E-state index in [9.17, 15) is 0 Å². The van der Waals surface area contributed by atoms with E-state index in [1.165, 1.54) is 11.1 Å². The van der Waals surface area contributed by atoms with Crippen LogP contribution in [-0.2, 0) is 9.47 Å². The maximum atomic E-state index is 5.76. The molecule has 4 heteroatoms. The van der Waals surface area contributed by atoms with E-state index in [2.05, 4.69) is 9.98 Å². The summed E-state index contributed by atoms with van der Waals surface area (Å²) in [6, 6.07) is 0. The van der Waals surface area contributed by atoms with Crippen molar-refractivity contribution in [3.8, 4) is 0 Å². The number of hydrogen-bond acceptors (Lipinski definition) is 4. The lowest BCUT2D eigenvalue weighted by molar-refractivity contribution is -0.0930. The minimum atomic E-state index is -0.745. The molecule has 0 atom stereocenters. The standard InChI is InChI=1S/C11H10N2O2/c1-3-12-9-7(1)8-2-4-13-10(8)11(9)14-5-6-15-11/h3-4H,1-2,5-6H2. The summed E-state index contributed by atoms with van der Waals surface area (Å²) in [6.45, 7) is 1.25. The molecule has 76 valence electrons. The zero-order valence-corrected chi connectivity index (χ0v) is 8.19. The summed E-state index contributed by atoms with van der Waals surface area (Å²) >= 11 is 0. The highest BCUT2D eigenvalue weighted by atomic mass is 16.7. The lowest BCUT2D eigenvalue weighted by atomic mass is 10.1. The van der Waals surface area contributed by atoms with Gasteiger partial charge in [-0.05, 0) is 11.1 Å². The fourth-order valence-electron chi connectivity index (χ4n) is 2.70. The van der Waals surface area contributed by atoms with Gasteiger partial charge in [-0.25, -0.2) is 0 Å². The number of fused-ring (bicyclic) bond motifs is 3. The fourth-order valence-corrected chi connectivity index (χ4v) is 2.70. The van der Waals surface area contributed by atoms with Gasteiger partial charge in [0.1, 0.15) is 11.4 Å². The highest BCUT2D eigenvalue weighted by Gasteiger charge is 2.54. The number of hydrogen-bond donors (Lipinski definition) is 0. The van der Waals surface area contributed by atoms with Crippen LogP contribution in [0.5, 0.6) is 0 Å². The molecule has 3 aliphatic heterocycles. The lowest BCUT2D eigenvalue weighted by Gasteiger charge is -2.23. The number of aliphatic imine (C=N–C) groups is 2. The molecule has 4 aliphatic rings. The molecule has 0 saturated carbocycles. The quantitative estimate of drug-likeness (QED) is 0.592. The first kappa shape index (κ1) is 7.96. The molecule has 3 heterocycles. The van der Waals surface area contributed by atoms with Crippen LogP contribution in [0.4, 0.5) is 0 Å². The summed E-state index contributed by atoms with van der Waals surface area (Å²) in [6.07, 6.45) is 5.65. The van der Waals surface area contributed by atoms with Crippen molar-refractivity contribution in [3.63, 3.8) is 0 Å². The van der Waals surface area contributed by atoms with Crippen molar-refractivity contribution < 1.29 is 9.47 Å². The largest absolute Gasteiger partial charge is 0.337 e. The minimum absolute atomic E-state index is 0.624. The van der Waals surface area contributed by atoms with Gasteiger partial charge in [-0.1, -0.05) is 0 Å². The molecule has 0 unspecified atom stereocenters. The third-order valence-corrected chi connectivity index (χ3v) is 3.29. The second-order valence-electron chi connectivity index (χ2n) is 4.00. The average molecular weight is 202 g/mol. The van der Waals surface area contributed by atoms with Crippen LogP contribution in [0.15, 0.2) is 32.5 Å². The van der Waals surface area contributed by atoms with Crippen LogP contribution < -0.4 is 0 Å². The molecule has 1 aliphatic carbocycles. The van der Waals surface area contributed by atoms with Gasteiger partial charge in [0.2, 0.25) is 0 Å². The Labute approximate surface area is 87.0 Å². The summed E-state index contributed by atoms with van der Waals surface area (Å²) < 4.78 is 11.5. The first-order valence-corrected chi connectivity index (χ1v) is 5.22. The van der Waals surface area contributed by atoms with Crippen LogP contribution in [-0.4, -0.2) is 31.4 Å². The maximum Gasteiger partial charge on any atom is 0.258 e. The van der Waals surface area contributed by atoms with Gasteiger partial charge in [0.15, 0.2) is 0 Å². The highest BCUT2D eigenvalue weighted by molar-refractivity contribution is 5.81. The third kappa shape index (κ3) is 0.768. The van der Waals surface area contributed by atoms with Gasteiger partial charge in [-0.2, -0.15) is 0 Å². The molecular formula is C11H10N2O2. The first-order valence-electron chi connectivity index (χ1n) is 5.22. The second kappa shape index (κ2) is 2.46. The maximum absolute atomic E-state index is 5.76. The molecule has 4 nitrogen and oxygen atoms in total. The van der Waals surface area contributed by atoms with Gasteiger partial charge >= 0.3 is 0 Å². The summed E-state index contributed by atoms with van der Waals surface area (Å²) in [5.41, 5.74) is 4.43. The highest BCUT2D eigenvalue weighted by Crippen LogP contribution is 2.51. The topological polar surface area (TPSA) is 43.2 Å². The molecule has 0 aromatic heterocycles. The van der Waals surface area contributed by atoms with Gasteiger partial charge in [0.05, 0.1) is 13.2 Å². The number of allylic oxidation sites excluding steroid dienone is 2. The van der Waals surface area contributed by atoms with Crippen molar-refractivity contribution >= 4 is 12.4 Å². The Morgan fingerprint density at radius 2 is 1.47 bits per heavy atom. The van der Waals surface area contributed by atoms with Crippen molar-refractivity contribution in [1.82, 2.24) is 0 Å². The normalized spacial score (nSPS) is 29.9. The number of ether oxygens (including phenoxy) is 2. The molecular weight excluding hydrogens is 192 g/mol. The second-order valence-corrected chi connectivity index (χ2v) is 4.00. The molecule has 0 aromatic carbocycles. The van der Waals surface area contributed by atoms with Crippen molar-refractivity contribution in [1.29, 1.82) is 0 Å². The molecule has 1 saturated heterocycles. The van der Waals surface area contributed by atoms with Crippen LogP contribution in [0, 0.1) is 0 Å². The third-order valence-electron chi connectivity index (χ3n) is 3.29. The van der Waals surface area contributed by atoms with E-state index in [0.29, 0.717) is 13.2 Å². The Morgan fingerprint density at radius 3 is 2.00 bits per heavy atom. The molecule has 15 heavy (non-hydrogen) atoms. The van der Waals surface area contributed by atoms with E-state index < -0.39 is 5.79 Å². The SMILES string of the molecule is C1=NC2=C(C1)C1=C(N=CC1)C21OCCO1. The summed E-state index contributed by atoms with van der Waals surface area (Å²) in [5.74, 6) is -0.745. The van der Waals surface area contributed by atoms with Gasteiger partial charge in [-0.15, -0.1) is 0 Å². The van der Waals surface area contributed by atoms with Crippen molar-refractivity contribution in [3.05, 3.63) is 22.5 Å². The first-order chi connectivity index (χ1) is 7.42. The van der Waals surface area contributed by atoms with Crippen molar-refractivity contribution in [2.75, 3.05) is 13.2 Å². The van der Waals surface area contributed by atoms with Crippen LogP contribution in [0.2, 0.25) is 0 Å². The molecule has 1 fully saturated rings. The van der Waals surface area contributed by atoms with E-state index in [1.807, 2.05) is 12.4 Å². The molecule has 0 amide bonds. The molecule has 0 aromatic rings. The number of rotatable bonds is 0. The fraction of sp³-hybridized carbons (Fsp3) is 0.455. The Hall–Kier alpha value is -1.26. The molecule has 0 N–H and O–H groups in total. The van der Waals surface area contributed by atoms with Crippen LogP contribution in [0.3, 0.4) is 0 Å². The van der Waals surface area contributed by atoms with Crippen molar-refractivity contribution in [2.45, 2.75) is 18.6 Å². The van der Waals surface area contributed by atoms with Gasteiger partial charge < -0.3 is 9.47 Å². The van der Waals surface area contributed by atoms with Gasteiger partial charge in [0, 0.05) is 25.3 Å². The average Bonchev–Trinajstić information content (AvgIpc) is 3.00. The Balaban J connectivity index is 1.95. The zero-order chi connectivity index (χ0) is 9.88. The predicted molar refractivity (Wildman–Crippen MR) is 54.9 cm³/mol. The molecule has 1 spiro atoms.